The molecule has 0 saturated heterocycles. The van der Waals surface area contributed by atoms with Crippen molar-refractivity contribution in [2.24, 2.45) is 5.73 Å². The van der Waals surface area contributed by atoms with Crippen molar-refractivity contribution in [2.75, 3.05) is 33.1 Å². The van der Waals surface area contributed by atoms with Gasteiger partial charge in [-0.1, -0.05) is 0 Å². The minimum absolute atomic E-state index is 0.144. The molecular formula is C13H21N3O4S. The highest BCUT2D eigenvalue weighted by molar-refractivity contribution is 7.89. The fourth-order valence-electron chi connectivity index (χ4n) is 1.60. The lowest BCUT2D eigenvalue weighted by molar-refractivity contribution is -0.118. The van der Waals surface area contributed by atoms with E-state index in [2.05, 4.69) is 5.32 Å². The van der Waals surface area contributed by atoms with Crippen LogP contribution in [0.3, 0.4) is 0 Å². The second-order valence-corrected chi connectivity index (χ2v) is 6.81. The molecule has 1 atom stereocenters. The number of anilines is 1. The maximum atomic E-state index is 11.9. The predicted molar refractivity (Wildman–Crippen MR) is 80.4 cm³/mol. The van der Waals surface area contributed by atoms with Gasteiger partial charge in [0.25, 0.3) is 0 Å². The monoisotopic (exact) mass is 315 g/mol. The van der Waals surface area contributed by atoms with Gasteiger partial charge in [0.05, 0.1) is 17.4 Å². The van der Waals surface area contributed by atoms with Gasteiger partial charge in [-0.3, -0.25) is 4.79 Å². The molecule has 0 aliphatic rings. The van der Waals surface area contributed by atoms with E-state index in [-0.39, 0.29) is 29.9 Å². The van der Waals surface area contributed by atoms with Crippen LogP contribution in [-0.4, -0.2) is 52.5 Å². The number of rotatable bonds is 7. The average Bonchev–Trinajstić information content (AvgIpc) is 2.45. The van der Waals surface area contributed by atoms with Crippen LogP contribution in [0.5, 0.6) is 0 Å². The zero-order valence-electron chi connectivity index (χ0n) is 12.4. The Labute approximate surface area is 125 Å². The number of hydrogen-bond donors (Lipinski definition) is 2. The molecule has 3 N–H and O–H groups in total. The van der Waals surface area contributed by atoms with Crippen LogP contribution in [0.1, 0.15) is 6.42 Å². The summed E-state index contributed by atoms with van der Waals surface area (Å²) in [5.41, 5.74) is 5.96. The first kappa shape index (κ1) is 17.6. The number of carbonyl (C=O) groups excluding carboxylic acids is 1. The van der Waals surface area contributed by atoms with E-state index < -0.39 is 10.0 Å². The van der Waals surface area contributed by atoms with Crippen molar-refractivity contribution in [1.82, 2.24) is 4.31 Å². The van der Waals surface area contributed by atoms with E-state index in [9.17, 15) is 13.2 Å². The zero-order chi connectivity index (χ0) is 16.0. The summed E-state index contributed by atoms with van der Waals surface area (Å²) in [5.74, 6) is -0.240. The number of ether oxygens (including phenoxy) is 1. The SMILES string of the molecule is COC(CN)CC(=O)Nc1ccc(S(=O)(=O)N(C)C)cc1. The lowest BCUT2D eigenvalue weighted by Gasteiger charge is -2.14. The highest BCUT2D eigenvalue weighted by Gasteiger charge is 2.17. The fraction of sp³-hybridized carbons (Fsp3) is 0.462. The summed E-state index contributed by atoms with van der Waals surface area (Å²) in [7, 11) is 0.949. The highest BCUT2D eigenvalue weighted by Crippen LogP contribution is 2.16. The van der Waals surface area contributed by atoms with Crippen LogP contribution in [0.4, 0.5) is 5.69 Å². The Balaban J connectivity index is 2.74. The number of sulfonamides is 1. The molecule has 0 saturated carbocycles. The summed E-state index contributed by atoms with van der Waals surface area (Å²) < 4.78 is 30.0. The molecule has 21 heavy (non-hydrogen) atoms. The van der Waals surface area contributed by atoms with Crippen LogP contribution < -0.4 is 11.1 Å². The van der Waals surface area contributed by atoms with Gasteiger partial charge in [0.1, 0.15) is 0 Å². The Morgan fingerprint density at radius 3 is 2.33 bits per heavy atom. The van der Waals surface area contributed by atoms with Crippen LogP contribution in [0.2, 0.25) is 0 Å². The van der Waals surface area contributed by atoms with Crippen molar-refractivity contribution < 1.29 is 17.9 Å². The fourth-order valence-corrected chi connectivity index (χ4v) is 2.50. The van der Waals surface area contributed by atoms with Gasteiger partial charge in [0.2, 0.25) is 15.9 Å². The van der Waals surface area contributed by atoms with Crippen molar-refractivity contribution in [2.45, 2.75) is 17.4 Å². The van der Waals surface area contributed by atoms with E-state index in [0.29, 0.717) is 5.69 Å². The summed E-state index contributed by atoms with van der Waals surface area (Å²) >= 11 is 0. The molecule has 0 heterocycles. The van der Waals surface area contributed by atoms with Crippen molar-refractivity contribution in [1.29, 1.82) is 0 Å². The molecule has 0 spiro atoms. The lowest BCUT2D eigenvalue weighted by Crippen LogP contribution is -2.28. The Kier molecular flexibility index (Phi) is 6.28. The number of carbonyl (C=O) groups is 1. The molecule has 0 bridgehead atoms. The highest BCUT2D eigenvalue weighted by atomic mass is 32.2. The maximum absolute atomic E-state index is 11.9. The molecule has 7 nitrogen and oxygen atoms in total. The molecular weight excluding hydrogens is 294 g/mol. The minimum atomic E-state index is -3.46. The topological polar surface area (TPSA) is 102 Å². The van der Waals surface area contributed by atoms with Gasteiger partial charge < -0.3 is 15.8 Å². The normalized spacial score (nSPS) is 13.2. The van der Waals surface area contributed by atoms with Crippen molar-refractivity contribution in [3.05, 3.63) is 24.3 Å². The summed E-state index contributed by atoms with van der Waals surface area (Å²) in [6, 6.07) is 5.97. The summed E-state index contributed by atoms with van der Waals surface area (Å²) in [4.78, 5) is 11.9. The molecule has 1 unspecified atom stereocenters. The van der Waals surface area contributed by atoms with E-state index >= 15 is 0 Å². The number of amides is 1. The largest absolute Gasteiger partial charge is 0.380 e. The van der Waals surface area contributed by atoms with Gasteiger partial charge in [0.15, 0.2) is 0 Å². The van der Waals surface area contributed by atoms with Gasteiger partial charge in [-0.2, -0.15) is 0 Å². The number of nitrogens with two attached hydrogens (primary N) is 1. The third-order valence-electron chi connectivity index (χ3n) is 2.93. The number of nitrogens with zero attached hydrogens (tertiary/aromatic N) is 1. The summed E-state index contributed by atoms with van der Waals surface area (Å²) in [6.45, 7) is 0.254. The average molecular weight is 315 g/mol. The second-order valence-electron chi connectivity index (χ2n) is 4.66. The third kappa shape index (κ3) is 4.78. The summed E-state index contributed by atoms with van der Waals surface area (Å²) in [5, 5.41) is 2.67. The molecule has 1 aromatic rings. The molecule has 0 aliphatic carbocycles. The molecule has 8 heteroatoms. The zero-order valence-corrected chi connectivity index (χ0v) is 13.2. The van der Waals surface area contributed by atoms with Gasteiger partial charge in [-0.15, -0.1) is 0 Å². The molecule has 0 fully saturated rings. The Morgan fingerprint density at radius 2 is 1.90 bits per heavy atom. The number of hydrogen-bond acceptors (Lipinski definition) is 5. The van der Waals surface area contributed by atoms with E-state index in [1.165, 1.54) is 33.3 Å². The number of methoxy groups -OCH3 is 1. The second kappa shape index (κ2) is 7.51. The first-order valence-electron chi connectivity index (χ1n) is 6.36. The van der Waals surface area contributed by atoms with E-state index in [0.717, 1.165) is 4.31 Å². The minimum Gasteiger partial charge on any atom is -0.380 e. The smallest absolute Gasteiger partial charge is 0.242 e. The molecule has 0 aliphatic heterocycles. The summed E-state index contributed by atoms with van der Waals surface area (Å²) in [6.07, 6.45) is -0.191. The third-order valence-corrected chi connectivity index (χ3v) is 4.76. The lowest BCUT2D eigenvalue weighted by atomic mass is 10.2. The van der Waals surface area contributed by atoms with Crippen LogP contribution in [0.15, 0.2) is 29.2 Å². The van der Waals surface area contributed by atoms with E-state index in [1.54, 1.807) is 12.1 Å². The van der Waals surface area contributed by atoms with Crippen LogP contribution in [0, 0.1) is 0 Å². The van der Waals surface area contributed by atoms with Crippen molar-refractivity contribution >= 4 is 21.6 Å². The van der Waals surface area contributed by atoms with E-state index in [4.69, 9.17) is 10.5 Å². The maximum Gasteiger partial charge on any atom is 0.242 e. The molecule has 118 valence electrons. The van der Waals surface area contributed by atoms with Crippen molar-refractivity contribution in [3.63, 3.8) is 0 Å². The first-order chi connectivity index (χ1) is 9.81. The van der Waals surface area contributed by atoms with E-state index in [1.807, 2.05) is 0 Å². The first-order valence-corrected chi connectivity index (χ1v) is 7.80. The van der Waals surface area contributed by atoms with Crippen LogP contribution in [0.25, 0.3) is 0 Å². The quantitative estimate of drug-likeness (QED) is 0.750. The molecule has 1 rings (SSSR count). The number of benzene rings is 1. The molecule has 1 aromatic carbocycles. The Morgan fingerprint density at radius 1 is 1.33 bits per heavy atom. The molecule has 0 aromatic heterocycles. The van der Waals surface area contributed by atoms with Gasteiger partial charge in [-0.05, 0) is 24.3 Å². The van der Waals surface area contributed by atoms with Gasteiger partial charge in [0, 0.05) is 33.4 Å². The van der Waals surface area contributed by atoms with Gasteiger partial charge >= 0.3 is 0 Å². The molecule has 0 radical (unpaired) electrons. The van der Waals surface area contributed by atoms with Crippen LogP contribution >= 0.6 is 0 Å². The Bertz CT molecular complexity index is 566. The Hall–Kier alpha value is -1.48. The number of nitrogens with one attached hydrogen (secondary N) is 1. The van der Waals surface area contributed by atoms with Crippen LogP contribution in [-0.2, 0) is 19.6 Å². The predicted octanol–water partition coefficient (Wildman–Crippen LogP) is 0.239. The standard InChI is InChI=1S/C13H21N3O4S/c1-16(2)21(18,19)12-6-4-10(5-7-12)15-13(17)8-11(9-14)20-3/h4-7,11H,8-9,14H2,1-3H3,(H,15,17). The molecule has 1 amide bonds. The van der Waals surface area contributed by atoms with Crippen molar-refractivity contribution in [3.8, 4) is 0 Å². The van der Waals surface area contributed by atoms with Gasteiger partial charge in [-0.25, -0.2) is 12.7 Å².